The van der Waals surface area contributed by atoms with Gasteiger partial charge in [-0.1, -0.05) is 26.8 Å². The van der Waals surface area contributed by atoms with Crippen LogP contribution in [0.15, 0.2) is 18.2 Å². The van der Waals surface area contributed by atoms with E-state index in [1.54, 1.807) is 12.1 Å². The molecular formula is C13H20N2O2. The summed E-state index contributed by atoms with van der Waals surface area (Å²) in [5.41, 5.74) is 1.91. The summed E-state index contributed by atoms with van der Waals surface area (Å²) in [5.74, 6) is 0. The highest BCUT2D eigenvalue weighted by atomic mass is 16.6. The van der Waals surface area contributed by atoms with Gasteiger partial charge in [0, 0.05) is 12.6 Å². The number of rotatable bonds is 5. The Bertz CT molecular complexity index is 414. The molecule has 1 aromatic rings. The smallest absolute Gasteiger partial charge is 0.292 e. The van der Waals surface area contributed by atoms with Crippen LogP contribution in [0.4, 0.5) is 11.4 Å². The molecular weight excluding hydrogens is 216 g/mol. The first kappa shape index (κ1) is 13.5. The van der Waals surface area contributed by atoms with Gasteiger partial charge >= 0.3 is 0 Å². The van der Waals surface area contributed by atoms with Gasteiger partial charge in [0.2, 0.25) is 0 Å². The zero-order valence-corrected chi connectivity index (χ0v) is 10.9. The molecule has 0 radical (unpaired) electrons. The van der Waals surface area contributed by atoms with E-state index in [1.165, 1.54) is 0 Å². The third-order valence-electron chi connectivity index (χ3n) is 3.06. The van der Waals surface area contributed by atoms with Gasteiger partial charge in [-0.2, -0.15) is 0 Å². The highest BCUT2D eigenvalue weighted by Crippen LogP contribution is 2.27. The van der Waals surface area contributed by atoms with E-state index in [4.69, 9.17) is 0 Å². The molecule has 0 amide bonds. The Labute approximate surface area is 102 Å². The average Bonchev–Trinajstić information content (AvgIpc) is 2.26. The van der Waals surface area contributed by atoms with Crippen molar-refractivity contribution in [2.45, 2.75) is 34.1 Å². The Morgan fingerprint density at radius 3 is 2.59 bits per heavy atom. The number of nitrogens with one attached hydrogen (secondary N) is 1. The van der Waals surface area contributed by atoms with Crippen molar-refractivity contribution in [2.75, 3.05) is 11.9 Å². The van der Waals surface area contributed by atoms with Crippen LogP contribution in [0.2, 0.25) is 0 Å². The van der Waals surface area contributed by atoms with Gasteiger partial charge in [-0.25, -0.2) is 0 Å². The number of nitro groups is 1. The van der Waals surface area contributed by atoms with Gasteiger partial charge in [0.15, 0.2) is 0 Å². The minimum atomic E-state index is -0.347. The van der Waals surface area contributed by atoms with E-state index < -0.39 is 0 Å². The molecule has 0 spiro atoms. The molecule has 0 aliphatic carbocycles. The first-order valence-electron chi connectivity index (χ1n) is 5.84. The van der Waals surface area contributed by atoms with Crippen molar-refractivity contribution in [3.8, 4) is 0 Å². The summed E-state index contributed by atoms with van der Waals surface area (Å²) < 4.78 is 0. The highest BCUT2D eigenvalue weighted by molar-refractivity contribution is 5.62. The van der Waals surface area contributed by atoms with Crippen LogP contribution in [-0.4, -0.2) is 11.5 Å². The fourth-order valence-electron chi connectivity index (χ4n) is 1.41. The Hall–Kier alpha value is -1.58. The van der Waals surface area contributed by atoms with Crippen LogP contribution in [0.25, 0.3) is 0 Å². The van der Waals surface area contributed by atoms with Gasteiger partial charge < -0.3 is 5.32 Å². The maximum atomic E-state index is 10.9. The minimum Gasteiger partial charge on any atom is -0.379 e. The summed E-state index contributed by atoms with van der Waals surface area (Å²) in [6.07, 6.45) is 1.03. The summed E-state index contributed by atoms with van der Waals surface area (Å²) in [4.78, 5) is 10.5. The molecule has 4 heteroatoms. The van der Waals surface area contributed by atoms with Crippen molar-refractivity contribution in [1.82, 2.24) is 0 Å². The Morgan fingerprint density at radius 2 is 2.06 bits per heavy atom. The minimum absolute atomic E-state index is 0.137. The largest absolute Gasteiger partial charge is 0.379 e. The van der Waals surface area contributed by atoms with Gasteiger partial charge in [0.1, 0.15) is 5.69 Å². The molecule has 0 saturated heterocycles. The van der Waals surface area contributed by atoms with Crippen molar-refractivity contribution >= 4 is 11.4 Å². The molecule has 4 nitrogen and oxygen atoms in total. The molecule has 0 aliphatic heterocycles. The van der Waals surface area contributed by atoms with E-state index in [9.17, 15) is 10.1 Å². The van der Waals surface area contributed by atoms with Gasteiger partial charge in [0.25, 0.3) is 5.69 Å². The SMILES string of the molecule is CCC(C)(C)CNc1cc(C)ccc1[N+](=O)[O-]. The van der Waals surface area contributed by atoms with E-state index in [-0.39, 0.29) is 16.0 Å². The number of hydrogen-bond acceptors (Lipinski definition) is 3. The number of nitro benzene ring substituents is 1. The zero-order chi connectivity index (χ0) is 13.1. The summed E-state index contributed by atoms with van der Waals surface area (Å²) in [7, 11) is 0. The van der Waals surface area contributed by atoms with E-state index in [2.05, 4.69) is 26.1 Å². The molecule has 17 heavy (non-hydrogen) atoms. The molecule has 0 atom stereocenters. The summed E-state index contributed by atoms with van der Waals surface area (Å²) in [5, 5.41) is 14.1. The number of aryl methyl sites for hydroxylation is 1. The van der Waals surface area contributed by atoms with Gasteiger partial charge in [-0.15, -0.1) is 0 Å². The second kappa shape index (κ2) is 5.17. The molecule has 1 aromatic carbocycles. The molecule has 0 bridgehead atoms. The fourth-order valence-corrected chi connectivity index (χ4v) is 1.41. The monoisotopic (exact) mass is 236 g/mol. The van der Waals surface area contributed by atoms with Crippen LogP contribution in [0.3, 0.4) is 0 Å². The van der Waals surface area contributed by atoms with Crippen LogP contribution in [0.1, 0.15) is 32.8 Å². The maximum absolute atomic E-state index is 10.9. The molecule has 1 rings (SSSR count). The lowest BCUT2D eigenvalue weighted by molar-refractivity contribution is -0.384. The number of hydrogen-bond donors (Lipinski definition) is 1. The number of benzene rings is 1. The lowest BCUT2D eigenvalue weighted by atomic mass is 9.90. The average molecular weight is 236 g/mol. The summed E-state index contributed by atoms with van der Waals surface area (Å²) in [6.45, 7) is 9.06. The molecule has 94 valence electrons. The van der Waals surface area contributed by atoms with Crippen molar-refractivity contribution in [3.05, 3.63) is 33.9 Å². The Balaban J connectivity index is 2.89. The number of nitrogens with zero attached hydrogens (tertiary/aromatic N) is 1. The fraction of sp³-hybridized carbons (Fsp3) is 0.538. The van der Waals surface area contributed by atoms with Crippen molar-refractivity contribution in [3.63, 3.8) is 0 Å². The molecule has 0 saturated carbocycles. The quantitative estimate of drug-likeness (QED) is 0.625. The van der Waals surface area contributed by atoms with Gasteiger partial charge in [-0.3, -0.25) is 10.1 Å². The van der Waals surface area contributed by atoms with E-state index in [1.807, 2.05) is 13.0 Å². The van der Waals surface area contributed by atoms with E-state index in [0.29, 0.717) is 5.69 Å². The molecule has 0 fully saturated rings. The third kappa shape index (κ3) is 3.73. The summed E-state index contributed by atoms with van der Waals surface area (Å²) >= 11 is 0. The van der Waals surface area contributed by atoms with E-state index in [0.717, 1.165) is 18.5 Å². The normalized spacial score (nSPS) is 11.3. The number of anilines is 1. The van der Waals surface area contributed by atoms with Crippen LogP contribution in [0, 0.1) is 22.5 Å². The second-order valence-electron chi connectivity index (χ2n) is 5.15. The molecule has 0 heterocycles. The molecule has 0 unspecified atom stereocenters. The first-order chi connectivity index (χ1) is 7.85. The molecule has 0 aromatic heterocycles. The maximum Gasteiger partial charge on any atom is 0.292 e. The van der Waals surface area contributed by atoms with Crippen LogP contribution in [0.5, 0.6) is 0 Å². The molecule has 1 N–H and O–H groups in total. The van der Waals surface area contributed by atoms with Crippen LogP contribution >= 0.6 is 0 Å². The summed E-state index contributed by atoms with van der Waals surface area (Å²) in [6, 6.07) is 5.13. The van der Waals surface area contributed by atoms with E-state index >= 15 is 0 Å². The third-order valence-corrected chi connectivity index (χ3v) is 3.06. The van der Waals surface area contributed by atoms with Crippen molar-refractivity contribution in [1.29, 1.82) is 0 Å². The first-order valence-corrected chi connectivity index (χ1v) is 5.84. The predicted molar refractivity (Wildman–Crippen MR) is 70.4 cm³/mol. The van der Waals surface area contributed by atoms with Crippen LogP contribution in [-0.2, 0) is 0 Å². The standard InChI is InChI=1S/C13H20N2O2/c1-5-13(3,4)9-14-11-8-10(2)6-7-12(11)15(16)17/h6-8,14H,5,9H2,1-4H3. The Morgan fingerprint density at radius 1 is 1.41 bits per heavy atom. The van der Waals surface area contributed by atoms with Crippen molar-refractivity contribution in [2.24, 2.45) is 5.41 Å². The van der Waals surface area contributed by atoms with Gasteiger partial charge in [0.05, 0.1) is 4.92 Å². The van der Waals surface area contributed by atoms with Crippen molar-refractivity contribution < 1.29 is 4.92 Å². The molecule has 0 aliphatic rings. The lowest BCUT2D eigenvalue weighted by Gasteiger charge is -2.23. The zero-order valence-electron chi connectivity index (χ0n) is 10.9. The van der Waals surface area contributed by atoms with Gasteiger partial charge in [-0.05, 0) is 30.4 Å². The Kier molecular flexibility index (Phi) is 4.10. The van der Waals surface area contributed by atoms with Crippen LogP contribution < -0.4 is 5.32 Å². The lowest BCUT2D eigenvalue weighted by Crippen LogP contribution is -2.22. The second-order valence-corrected chi connectivity index (χ2v) is 5.15. The highest BCUT2D eigenvalue weighted by Gasteiger charge is 2.18. The topological polar surface area (TPSA) is 55.2 Å². The predicted octanol–water partition coefficient (Wildman–Crippen LogP) is 3.75.